The summed E-state index contributed by atoms with van der Waals surface area (Å²) in [4.78, 5) is 14.0. The number of hydrogen-bond acceptors (Lipinski definition) is 1. The standard InChI is InChI=1S/C15H12BrCl2NO/c1-19(9-10-4-2-3-5-14(10)18)15(20)12-7-6-11(17)8-13(12)16/h2-8H,9H2,1H3. The van der Waals surface area contributed by atoms with Gasteiger partial charge in [0.15, 0.2) is 0 Å². The third-order valence-corrected chi connectivity index (χ3v) is 4.13. The summed E-state index contributed by atoms with van der Waals surface area (Å²) in [7, 11) is 1.74. The molecule has 0 saturated heterocycles. The molecule has 2 aromatic carbocycles. The highest BCUT2D eigenvalue weighted by Gasteiger charge is 2.16. The largest absolute Gasteiger partial charge is 0.337 e. The van der Waals surface area contributed by atoms with Crippen LogP contribution >= 0.6 is 39.1 Å². The lowest BCUT2D eigenvalue weighted by Crippen LogP contribution is -2.26. The number of benzene rings is 2. The minimum Gasteiger partial charge on any atom is -0.337 e. The SMILES string of the molecule is CN(Cc1ccccc1Cl)C(=O)c1ccc(Cl)cc1Br. The molecule has 2 rings (SSSR count). The molecular formula is C15H12BrCl2NO. The van der Waals surface area contributed by atoms with Gasteiger partial charge < -0.3 is 4.90 Å². The fourth-order valence-electron chi connectivity index (χ4n) is 1.82. The molecule has 0 radical (unpaired) electrons. The smallest absolute Gasteiger partial charge is 0.255 e. The number of nitrogens with zero attached hydrogens (tertiary/aromatic N) is 1. The maximum absolute atomic E-state index is 12.4. The van der Waals surface area contributed by atoms with Crippen LogP contribution in [0, 0.1) is 0 Å². The zero-order valence-corrected chi connectivity index (χ0v) is 13.8. The first kappa shape index (κ1) is 15.4. The Kier molecular flexibility index (Phi) is 5.08. The molecule has 0 aliphatic heterocycles. The monoisotopic (exact) mass is 371 g/mol. The Hall–Kier alpha value is -1.03. The predicted octanol–water partition coefficient (Wildman–Crippen LogP) is 5.03. The number of halogens is 3. The Balaban J connectivity index is 2.19. The van der Waals surface area contributed by atoms with Gasteiger partial charge in [-0.1, -0.05) is 41.4 Å². The minimum atomic E-state index is -0.0894. The van der Waals surface area contributed by atoms with Crippen LogP contribution in [0.5, 0.6) is 0 Å². The lowest BCUT2D eigenvalue weighted by atomic mass is 10.1. The second kappa shape index (κ2) is 6.61. The van der Waals surface area contributed by atoms with Crippen LogP contribution in [0.3, 0.4) is 0 Å². The zero-order chi connectivity index (χ0) is 14.7. The van der Waals surface area contributed by atoms with E-state index in [4.69, 9.17) is 23.2 Å². The van der Waals surface area contributed by atoms with Gasteiger partial charge in [0.2, 0.25) is 0 Å². The summed E-state index contributed by atoms with van der Waals surface area (Å²) in [6.45, 7) is 0.452. The van der Waals surface area contributed by atoms with E-state index in [1.54, 1.807) is 30.1 Å². The number of carbonyl (C=O) groups excluding carboxylic acids is 1. The molecule has 0 atom stereocenters. The Morgan fingerprint density at radius 3 is 2.55 bits per heavy atom. The van der Waals surface area contributed by atoms with E-state index in [1.165, 1.54) is 0 Å². The molecule has 0 fully saturated rings. The van der Waals surface area contributed by atoms with Gasteiger partial charge in [0.05, 0.1) is 5.56 Å². The first-order valence-electron chi connectivity index (χ1n) is 5.93. The lowest BCUT2D eigenvalue weighted by Gasteiger charge is -2.19. The van der Waals surface area contributed by atoms with Crippen LogP contribution in [-0.4, -0.2) is 17.9 Å². The van der Waals surface area contributed by atoms with Crippen LogP contribution in [0.2, 0.25) is 10.0 Å². The molecular weight excluding hydrogens is 361 g/mol. The Labute approximate surface area is 136 Å². The Bertz CT molecular complexity index is 646. The molecule has 2 aromatic rings. The summed E-state index contributed by atoms with van der Waals surface area (Å²) in [5, 5.41) is 1.24. The van der Waals surface area contributed by atoms with Crippen molar-refractivity contribution >= 4 is 45.0 Å². The second-order valence-electron chi connectivity index (χ2n) is 4.38. The zero-order valence-electron chi connectivity index (χ0n) is 10.7. The maximum atomic E-state index is 12.4. The summed E-state index contributed by atoms with van der Waals surface area (Å²) in [5.74, 6) is -0.0894. The van der Waals surface area contributed by atoms with Gasteiger partial charge in [-0.2, -0.15) is 0 Å². The topological polar surface area (TPSA) is 20.3 Å². The van der Waals surface area contributed by atoms with Crippen molar-refractivity contribution in [2.24, 2.45) is 0 Å². The Morgan fingerprint density at radius 2 is 1.90 bits per heavy atom. The van der Waals surface area contributed by atoms with E-state index in [1.807, 2.05) is 24.3 Å². The van der Waals surface area contributed by atoms with E-state index in [-0.39, 0.29) is 5.91 Å². The predicted molar refractivity (Wildman–Crippen MR) is 86.4 cm³/mol. The van der Waals surface area contributed by atoms with Crippen molar-refractivity contribution in [3.05, 3.63) is 68.1 Å². The molecule has 0 N–H and O–H groups in total. The van der Waals surface area contributed by atoms with E-state index >= 15 is 0 Å². The van der Waals surface area contributed by atoms with Crippen LogP contribution in [0.4, 0.5) is 0 Å². The average Bonchev–Trinajstić information content (AvgIpc) is 2.40. The van der Waals surface area contributed by atoms with E-state index in [0.717, 1.165) is 5.56 Å². The molecule has 104 valence electrons. The number of rotatable bonds is 3. The molecule has 1 amide bonds. The number of hydrogen-bond donors (Lipinski definition) is 0. The van der Waals surface area contributed by atoms with Gasteiger partial charge in [-0.05, 0) is 45.8 Å². The molecule has 0 aromatic heterocycles. The third-order valence-electron chi connectivity index (χ3n) is 2.87. The highest BCUT2D eigenvalue weighted by molar-refractivity contribution is 9.10. The summed E-state index contributed by atoms with van der Waals surface area (Å²) >= 11 is 15.3. The molecule has 2 nitrogen and oxygen atoms in total. The molecule has 0 unspecified atom stereocenters. The molecule has 0 aliphatic carbocycles. The van der Waals surface area contributed by atoms with Crippen molar-refractivity contribution in [1.82, 2.24) is 4.90 Å². The Morgan fingerprint density at radius 1 is 1.20 bits per heavy atom. The number of amides is 1. The van der Waals surface area contributed by atoms with E-state index in [9.17, 15) is 4.79 Å². The summed E-state index contributed by atoms with van der Waals surface area (Å²) in [6, 6.07) is 12.6. The first-order chi connectivity index (χ1) is 9.49. The normalized spacial score (nSPS) is 10.4. The van der Waals surface area contributed by atoms with Crippen LogP contribution in [0.15, 0.2) is 46.9 Å². The quantitative estimate of drug-likeness (QED) is 0.739. The van der Waals surface area contributed by atoms with E-state index in [0.29, 0.717) is 26.6 Å². The second-order valence-corrected chi connectivity index (χ2v) is 6.07. The van der Waals surface area contributed by atoms with Crippen LogP contribution in [0.1, 0.15) is 15.9 Å². The van der Waals surface area contributed by atoms with Gasteiger partial charge in [0.1, 0.15) is 0 Å². The molecule has 0 bridgehead atoms. The summed E-state index contributed by atoms with van der Waals surface area (Å²) in [6.07, 6.45) is 0. The molecule has 0 aliphatic rings. The summed E-state index contributed by atoms with van der Waals surface area (Å²) in [5.41, 5.74) is 1.49. The average molecular weight is 373 g/mol. The molecule has 0 saturated carbocycles. The van der Waals surface area contributed by atoms with Crippen molar-refractivity contribution in [1.29, 1.82) is 0 Å². The maximum Gasteiger partial charge on any atom is 0.255 e. The molecule has 5 heteroatoms. The van der Waals surface area contributed by atoms with Crippen LogP contribution in [-0.2, 0) is 6.54 Å². The molecule has 0 heterocycles. The van der Waals surface area contributed by atoms with Gasteiger partial charge in [0, 0.05) is 28.1 Å². The molecule has 20 heavy (non-hydrogen) atoms. The van der Waals surface area contributed by atoms with Crippen molar-refractivity contribution in [2.45, 2.75) is 6.54 Å². The van der Waals surface area contributed by atoms with E-state index < -0.39 is 0 Å². The van der Waals surface area contributed by atoms with Gasteiger partial charge in [-0.25, -0.2) is 0 Å². The van der Waals surface area contributed by atoms with Gasteiger partial charge in [-0.3, -0.25) is 4.79 Å². The highest BCUT2D eigenvalue weighted by Crippen LogP contribution is 2.24. The van der Waals surface area contributed by atoms with Crippen molar-refractivity contribution in [2.75, 3.05) is 7.05 Å². The number of carbonyl (C=O) groups is 1. The fourth-order valence-corrected chi connectivity index (χ4v) is 2.87. The van der Waals surface area contributed by atoms with E-state index in [2.05, 4.69) is 15.9 Å². The van der Waals surface area contributed by atoms with Gasteiger partial charge in [-0.15, -0.1) is 0 Å². The third kappa shape index (κ3) is 3.54. The van der Waals surface area contributed by atoms with Gasteiger partial charge in [0.25, 0.3) is 5.91 Å². The minimum absolute atomic E-state index is 0.0894. The van der Waals surface area contributed by atoms with Crippen LogP contribution in [0.25, 0.3) is 0 Å². The first-order valence-corrected chi connectivity index (χ1v) is 7.48. The fraction of sp³-hybridized carbons (Fsp3) is 0.133. The van der Waals surface area contributed by atoms with Gasteiger partial charge >= 0.3 is 0 Å². The summed E-state index contributed by atoms with van der Waals surface area (Å²) < 4.78 is 0.681. The molecule has 0 spiro atoms. The van der Waals surface area contributed by atoms with Crippen LogP contribution < -0.4 is 0 Å². The van der Waals surface area contributed by atoms with Crippen molar-refractivity contribution in [3.63, 3.8) is 0 Å². The lowest BCUT2D eigenvalue weighted by molar-refractivity contribution is 0.0784. The van der Waals surface area contributed by atoms with Crippen molar-refractivity contribution in [3.8, 4) is 0 Å². The highest BCUT2D eigenvalue weighted by atomic mass is 79.9. The van der Waals surface area contributed by atoms with Crippen molar-refractivity contribution < 1.29 is 4.79 Å².